The van der Waals surface area contributed by atoms with Crippen molar-refractivity contribution in [3.8, 4) is 0 Å². The molecule has 0 fully saturated rings. The molecule has 0 unspecified atom stereocenters. The number of thioether (sulfide) groups is 1. The van der Waals surface area contributed by atoms with Crippen molar-refractivity contribution in [2.75, 3.05) is 24.8 Å². The van der Waals surface area contributed by atoms with E-state index in [9.17, 15) is 9.59 Å². The Kier molecular flexibility index (Phi) is 7.10. The van der Waals surface area contributed by atoms with Crippen LogP contribution in [-0.2, 0) is 16.1 Å². The van der Waals surface area contributed by atoms with Gasteiger partial charge < -0.3 is 10.1 Å². The van der Waals surface area contributed by atoms with E-state index in [2.05, 4.69) is 26.2 Å². The molecule has 8 heteroatoms. The van der Waals surface area contributed by atoms with Gasteiger partial charge in [0.15, 0.2) is 5.16 Å². The summed E-state index contributed by atoms with van der Waals surface area (Å²) in [6, 6.07) is 11.3. The average molecular weight is 476 g/mol. The molecular formula is C21H22BrN3O3S. The second-order valence-corrected chi connectivity index (χ2v) is 8.52. The zero-order valence-corrected chi connectivity index (χ0v) is 18.9. The molecule has 0 saturated carbocycles. The van der Waals surface area contributed by atoms with E-state index in [-0.39, 0.29) is 17.2 Å². The molecule has 1 N–H and O–H groups in total. The standard InChI is InChI=1S/C21H22BrN3O3S/c1-13-4-5-14(2)18(10-13)23-19(26)12-29-21-24-17-7-6-15(22)11-16(17)20(27)25(21)8-9-28-3/h4-7,10-11H,8-9,12H2,1-3H3,(H,23,26). The highest BCUT2D eigenvalue weighted by atomic mass is 79.9. The molecule has 3 aromatic rings. The predicted molar refractivity (Wildman–Crippen MR) is 121 cm³/mol. The largest absolute Gasteiger partial charge is 0.383 e. The van der Waals surface area contributed by atoms with Crippen LogP contribution in [0.1, 0.15) is 11.1 Å². The number of amides is 1. The molecule has 152 valence electrons. The van der Waals surface area contributed by atoms with E-state index < -0.39 is 0 Å². The summed E-state index contributed by atoms with van der Waals surface area (Å²) in [5.74, 6) is 0.00149. The van der Waals surface area contributed by atoms with Gasteiger partial charge in [-0.1, -0.05) is 39.8 Å². The summed E-state index contributed by atoms with van der Waals surface area (Å²) in [6.07, 6.45) is 0. The fraction of sp³-hybridized carbons (Fsp3) is 0.286. The monoisotopic (exact) mass is 475 g/mol. The summed E-state index contributed by atoms with van der Waals surface area (Å²) >= 11 is 4.64. The van der Waals surface area contributed by atoms with Gasteiger partial charge in [0.25, 0.3) is 5.56 Å². The van der Waals surface area contributed by atoms with Gasteiger partial charge in [-0.25, -0.2) is 4.98 Å². The maximum Gasteiger partial charge on any atom is 0.262 e. The third kappa shape index (κ3) is 5.26. The van der Waals surface area contributed by atoms with Gasteiger partial charge >= 0.3 is 0 Å². The van der Waals surface area contributed by atoms with Gasteiger partial charge in [-0.05, 0) is 49.2 Å². The molecule has 0 atom stereocenters. The first-order valence-corrected chi connectivity index (χ1v) is 10.9. The Bertz CT molecular complexity index is 1110. The summed E-state index contributed by atoms with van der Waals surface area (Å²) in [5, 5.41) is 3.96. The third-order valence-electron chi connectivity index (χ3n) is 4.40. The topological polar surface area (TPSA) is 73.2 Å². The van der Waals surface area contributed by atoms with E-state index in [1.54, 1.807) is 23.8 Å². The second kappa shape index (κ2) is 9.56. The first-order chi connectivity index (χ1) is 13.9. The van der Waals surface area contributed by atoms with Crippen molar-refractivity contribution in [3.05, 3.63) is 62.4 Å². The molecule has 0 radical (unpaired) electrons. The third-order valence-corrected chi connectivity index (χ3v) is 5.87. The van der Waals surface area contributed by atoms with Gasteiger partial charge in [-0.3, -0.25) is 14.2 Å². The Morgan fingerprint density at radius 1 is 1.24 bits per heavy atom. The summed E-state index contributed by atoms with van der Waals surface area (Å²) in [4.78, 5) is 30.1. The lowest BCUT2D eigenvalue weighted by molar-refractivity contribution is -0.113. The molecule has 6 nitrogen and oxygen atoms in total. The van der Waals surface area contributed by atoms with Gasteiger partial charge in [-0.2, -0.15) is 0 Å². The molecule has 1 aromatic heterocycles. The first kappa shape index (κ1) is 21.5. The first-order valence-electron chi connectivity index (χ1n) is 9.08. The average Bonchev–Trinajstić information content (AvgIpc) is 2.69. The predicted octanol–water partition coefficient (Wildman–Crippen LogP) is 4.15. The summed E-state index contributed by atoms with van der Waals surface area (Å²) in [7, 11) is 1.58. The van der Waals surface area contributed by atoms with Crippen LogP contribution in [0.5, 0.6) is 0 Å². The van der Waals surface area contributed by atoms with E-state index in [4.69, 9.17) is 4.74 Å². The lowest BCUT2D eigenvalue weighted by Gasteiger charge is -2.13. The number of rotatable bonds is 7. The number of nitrogens with zero attached hydrogens (tertiary/aromatic N) is 2. The Balaban J connectivity index is 1.84. The number of aryl methyl sites for hydroxylation is 2. The number of nitrogens with one attached hydrogen (secondary N) is 1. The van der Waals surface area contributed by atoms with Crippen molar-refractivity contribution in [2.24, 2.45) is 0 Å². The highest BCUT2D eigenvalue weighted by Gasteiger charge is 2.14. The lowest BCUT2D eigenvalue weighted by atomic mass is 10.1. The highest BCUT2D eigenvalue weighted by molar-refractivity contribution is 9.10. The Labute approximate surface area is 181 Å². The van der Waals surface area contributed by atoms with E-state index in [0.29, 0.717) is 29.2 Å². The number of carbonyl (C=O) groups excluding carboxylic acids is 1. The molecule has 3 rings (SSSR count). The van der Waals surface area contributed by atoms with Crippen molar-refractivity contribution in [1.82, 2.24) is 9.55 Å². The molecule has 1 heterocycles. The number of anilines is 1. The number of carbonyl (C=O) groups is 1. The summed E-state index contributed by atoms with van der Waals surface area (Å²) in [5.41, 5.74) is 3.33. The molecule has 0 aliphatic rings. The van der Waals surface area contributed by atoms with Crippen molar-refractivity contribution >= 4 is 50.2 Å². The smallest absolute Gasteiger partial charge is 0.262 e. The molecule has 29 heavy (non-hydrogen) atoms. The minimum atomic E-state index is -0.147. The second-order valence-electron chi connectivity index (χ2n) is 6.66. The van der Waals surface area contributed by atoms with E-state index in [1.807, 2.05) is 38.1 Å². The molecule has 2 aromatic carbocycles. The van der Waals surface area contributed by atoms with Crippen LogP contribution >= 0.6 is 27.7 Å². The van der Waals surface area contributed by atoms with E-state index in [0.717, 1.165) is 21.3 Å². The number of benzene rings is 2. The minimum Gasteiger partial charge on any atom is -0.383 e. The van der Waals surface area contributed by atoms with E-state index in [1.165, 1.54) is 11.8 Å². The van der Waals surface area contributed by atoms with Crippen LogP contribution < -0.4 is 10.9 Å². The van der Waals surface area contributed by atoms with Crippen LogP contribution in [0, 0.1) is 13.8 Å². The number of fused-ring (bicyclic) bond motifs is 1. The lowest BCUT2D eigenvalue weighted by Crippen LogP contribution is -2.26. The van der Waals surface area contributed by atoms with Gasteiger partial charge in [-0.15, -0.1) is 0 Å². The maximum atomic E-state index is 13.0. The van der Waals surface area contributed by atoms with Crippen LogP contribution in [0.2, 0.25) is 0 Å². The number of halogens is 1. The number of ether oxygens (including phenoxy) is 1. The van der Waals surface area contributed by atoms with Crippen LogP contribution in [-0.4, -0.2) is 34.9 Å². The fourth-order valence-electron chi connectivity index (χ4n) is 2.85. The quantitative estimate of drug-likeness (QED) is 0.410. The fourth-order valence-corrected chi connectivity index (χ4v) is 4.04. The Hall–Kier alpha value is -2.16. The zero-order valence-electron chi connectivity index (χ0n) is 16.5. The molecule has 0 bridgehead atoms. The number of methoxy groups -OCH3 is 1. The Morgan fingerprint density at radius 2 is 2.03 bits per heavy atom. The molecule has 0 aliphatic carbocycles. The van der Waals surface area contributed by atoms with Crippen molar-refractivity contribution < 1.29 is 9.53 Å². The highest BCUT2D eigenvalue weighted by Crippen LogP contribution is 2.22. The van der Waals surface area contributed by atoms with Crippen LogP contribution in [0.4, 0.5) is 5.69 Å². The molecule has 0 spiro atoms. The van der Waals surface area contributed by atoms with Crippen LogP contribution in [0.15, 0.2) is 50.8 Å². The molecule has 0 aliphatic heterocycles. The summed E-state index contributed by atoms with van der Waals surface area (Å²) < 4.78 is 7.51. The number of aromatic nitrogens is 2. The molecule has 0 saturated heterocycles. The Morgan fingerprint density at radius 3 is 2.79 bits per heavy atom. The zero-order chi connectivity index (χ0) is 21.0. The van der Waals surface area contributed by atoms with Crippen LogP contribution in [0.25, 0.3) is 10.9 Å². The van der Waals surface area contributed by atoms with Crippen molar-refractivity contribution in [1.29, 1.82) is 0 Å². The van der Waals surface area contributed by atoms with Crippen molar-refractivity contribution in [2.45, 2.75) is 25.5 Å². The number of hydrogen-bond donors (Lipinski definition) is 1. The molecular weight excluding hydrogens is 454 g/mol. The number of hydrogen-bond acceptors (Lipinski definition) is 5. The van der Waals surface area contributed by atoms with Crippen molar-refractivity contribution in [3.63, 3.8) is 0 Å². The van der Waals surface area contributed by atoms with Gasteiger partial charge in [0.05, 0.1) is 29.8 Å². The molecule has 1 amide bonds. The van der Waals surface area contributed by atoms with Gasteiger partial charge in [0.2, 0.25) is 5.91 Å². The van der Waals surface area contributed by atoms with Gasteiger partial charge in [0.1, 0.15) is 0 Å². The maximum absolute atomic E-state index is 13.0. The SMILES string of the molecule is COCCn1c(SCC(=O)Nc2cc(C)ccc2C)nc2ccc(Br)cc2c1=O. The van der Waals surface area contributed by atoms with E-state index >= 15 is 0 Å². The minimum absolute atomic E-state index is 0.146. The normalized spacial score (nSPS) is 11.0. The van der Waals surface area contributed by atoms with Gasteiger partial charge in [0, 0.05) is 17.3 Å². The van der Waals surface area contributed by atoms with Crippen LogP contribution in [0.3, 0.4) is 0 Å². The summed E-state index contributed by atoms with van der Waals surface area (Å²) in [6.45, 7) is 4.68.